The molecular formula is C27H25NO4S2. The maximum absolute atomic E-state index is 13.2. The van der Waals surface area contributed by atoms with Crippen LogP contribution in [0.15, 0.2) is 71.6 Å². The molecule has 1 aliphatic heterocycles. The van der Waals surface area contributed by atoms with Gasteiger partial charge >= 0.3 is 0 Å². The van der Waals surface area contributed by atoms with Gasteiger partial charge in [0.05, 0.1) is 17.7 Å². The highest BCUT2D eigenvalue weighted by Crippen LogP contribution is 2.38. The number of benzene rings is 3. The molecule has 0 spiro atoms. The van der Waals surface area contributed by atoms with E-state index in [1.165, 1.54) is 11.8 Å². The molecule has 3 aromatic rings. The van der Waals surface area contributed by atoms with Crippen LogP contribution in [-0.2, 0) is 4.79 Å². The van der Waals surface area contributed by atoms with Gasteiger partial charge in [0.2, 0.25) is 0 Å². The lowest BCUT2D eigenvalue weighted by Gasteiger charge is -2.18. The Morgan fingerprint density at radius 1 is 0.882 bits per heavy atom. The quantitative estimate of drug-likeness (QED) is 0.213. The van der Waals surface area contributed by atoms with Crippen molar-refractivity contribution in [3.8, 4) is 17.2 Å². The third-order valence-corrected chi connectivity index (χ3v) is 6.79. The van der Waals surface area contributed by atoms with Gasteiger partial charge in [-0.3, -0.25) is 9.69 Å². The minimum atomic E-state index is -0.127. The second kappa shape index (κ2) is 10.8. The van der Waals surface area contributed by atoms with Gasteiger partial charge in [0.1, 0.15) is 19.0 Å². The monoisotopic (exact) mass is 491 g/mol. The molecule has 5 nitrogen and oxygen atoms in total. The van der Waals surface area contributed by atoms with Gasteiger partial charge in [-0.05, 0) is 55.3 Å². The Kier molecular flexibility index (Phi) is 7.55. The molecular weight excluding hydrogens is 466 g/mol. The molecule has 3 aromatic carbocycles. The van der Waals surface area contributed by atoms with Crippen LogP contribution < -0.4 is 19.1 Å². The molecule has 1 fully saturated rings. The molecule has 0 bridgehead atoms. The summed E-state index contributed by atoms with van der Waals surface area (Å²) in [6.45, 7) is 4.72. The number of methoxy groups -OCH3 is 1. The minimum absolute atomic E-state index is 0.127. The van der Waals surface area contributed by atoms with E-state index in [1.54, 1.807) is 12.0 Å². The Balaban J connectivity index is 1.47. The Morgan fingerprint density at radius 3 is 2.26 bits per heavy atom. The molecule has 0 unspecified atom stereocenters. The SMILES string of the molecule is COc1ccccc1OCCOc1ccccc1/C=C1\SC(=S)N(c2cccc(C)c2C)C1=O. The normalized spacial score (nSPS) is 14.6. The topological polar surface area (TPSA) is 48.0 Å². The van der Waals surface area contributed by atoms with Crippen LogP contribution in [-0.4, -0.2) is 30.6 Å². The van der Waals surface area contributed by atoms with Crippen molar-refractivity contribution in [1.29, 1.82) is 0 Å². The van der Waals surface area contributed by atoms with Crippen LogP contribution in [0.25, 0.3) is 6.08 Å². The standard InChI is InChI=1S/C27H25NO4S2/c1-18-9-8-11-21(19(18)2)28-26(29)25(34-27(28)33)17-20-10-4-5-12-22(20)31-15-16-32-24-14-7-6-13-23(24)30-3/h4-14,17H,15-16H2,1-3H3/b25-17-. The van der Waals surface area contributed by atoms with Gasteiger partial charge in [-0.15, -0.1) is 0 Å². The molecule has 0 atom stereocenters. The van der Waals surface area contributed by atoms with Crippen LogP contribution in [0.1, 0.15) is 16.7 Å². The number of thioether (sulfide) groups is 1. The number of anilines is 1. The largest absolute Gasteiger partial charge is 0.493 e. The zero-order valence-corrected chi connectivity index (χ0v) is 20.9. The highest BCUT2D eigenvalue weighted by Gasteiger charge is 2.34. The van der Waals surface area contributed by atoms with Gasteiger partial charge in [-0.2, -0.15) is 0 Å². The summed E-state index contributed by atoms with van der Waals surface area (Å²) in [5.41, 5.74) is 3.79. The molecule has 174 valence electrons. The van der Waals surface area contributed by atoms with Crippen molar-refractivity contribution in [3.63, 3.8) is 0 Å². The van der Waals surface area contributed by atoms with E-state index in [2.05, 4.69) is 0 Å². The second-order valence-corrected chi connectivity index (χ2v) is 9.30. The predicted octanol–water partition coefficient (Wildman–Crippen LogP) is 6.18. The first-order chi connectivity index (χ1) is 16.5. The van der Waals surface area contributed by atoms with Crippen molar-refractivity contribution in [3.05, 3.63) is 88.3 Å². The fourth-order valence-corrected chi connectivity index (χ4v) is 4.84. The van der Waals surface area contributed by atoms with Crippen molar-refractivity contribution in [2.45, 2.75) is 13.8 Å². The maximum atomic E-state index is 13.2. The predicted molar refractivity (Wildman–Crippen MR) is 142 cm³/mol. The summed E-state index contributed by atoms with van der Waals surface area (Å²) in [6.07, 6.45) is 1.83. The molecule has 0 N–H and O–H groups in total. The van der Waals surface area contributed by atoms with E-state index in [4.69, 9.17) is 26.4 Å². The first-order valence-electron chi connectivity index (χ1n) is 10.8. The molecule has 1 amide bonds. The Bertz CT molecular complexity index is 1250. The van der Waals surface area contributed by atoms with E-state index in [9.17, 15) is 4.79 Å². The summed E-state index contributed by atoms with van der Waals surface area (Å²) < 4.78 is 17.6. The number of carbonyl (C=O) groups is 1. The second-order valence-electron chi connectivity index (χ2n) is 7.62. The van der Waals surface area contributed by atoms with Crippen LogP contribution in [0.4, 0.5) is 5.69 Å². The van der Waals surface area contributed by atoms with Gasteiger partial charge in [-0.1, -0.05) is 66.4 Å². The number of aryl methyl sites for hydroxylation is 1. The molecule has 0 saturated carbocycles. The van der Waals surface area contributed by atoms with Gasteiger partial charge in [0.15, 0.2) is 15.8 Å². The Hall–Kier alpha value is -3.29. The fourth-order valence-electron chi connectivity index (χ4n) is 3.57. The molecule has 0 radical (unpaired) electrons. The summed E-state index contributed by atoms with van der Waals surface area (Å²) >= 11 is 6.85. The first kappa shape index (κ1) is 23.9. The molecule has 0 aliphatic carbocycles. The summed E-state index contributed by atoms with van der Waals surface area (Å²) in [5.74, 6) is 1.88. The van der Waals surface area contributed by atoms with Crippen molar-refractivity contribution in [2.75, 3.05) is 25.2 Å². The summed E-state index contributed by atoms with van der Waals surface area (Å²) in [4.78, 5) is 15.4. The van der Waals surface area contributed by atoms with Crippen LogP contribution >= 0.6 is 24.0 Å². The summed E-state index contributed by atoms with van der Waals surface area (Å²) in [7, 11) is 1.61. The van der Waals surface area contributed by atoms with E-state index in [0.717, 1.165) is 22.4 Å². The van der Waals surface area contributed by atoms with Gasteiger partial charge < -0.3 is 14.2 Å². The van der Waals surface area contributed by atoms with E-state index in [-0.39, 0.29) is 5.91 Å². The number of nitrogens with zero attached hydrogens (tertiary/aromatic N) is 1. The number of hydrogen-bond donors (Lipinski definition) is 0. The van der Waals surface area contributed by atoms with E-state index in [1.807, 2.05) is 86.7 Å². The molecule has 4 rings (SSSR count). The fraction of sp³-hybridized carbons (Fsp3) is 0.185. The Morgan fingerprint density at radius 2 is 1.53 bits per heavy atom. The third-order valence-electron chi connectivity index (χ3n) is 5.48. The number of amides is 1. The van der Waals surface area contributed by atoms with Crippen LogP contribution in [0.2, 0.25) is 0 Å². The van der Waals surface area contributed by atoms with E-state index >= 15 is 0 Å². The number of ether oxygens (including phenoxy) is 3. The zero-order chi connectivity index (χ0) is 24.1. The lowest BCUT2D eigenvalue weighted by Crippen LogP contribution is -2.28. The molecule has 34 heavy (non-hydrogen) atoms. The number of hydrogen-bond acceptors (Lipinski definition) is 6. The van der Waals surface area contributed by atoms with Crippen LogP contribution in [0.5, 0.6) is 17.2 Å². The average Bonchev–Trinajstić information content (AvgIpc) is 3.12. The maximum Gasteiger partial charge on any atom is 0.270 e. The molecule has 1 aliphatic rings. The summed E-state index contributed by atoms with van der Waals surface area (Å²) in [6, 6.07) is 21.0. The number of para-hydroxylation sites is 3. The smallest absolute Gasteiger partial charge is 0.270 e. The van der Waals surface area contributed by atoms with Crippen molar-refractivity contribution >= 4 is 46.0 Å². The molecule has 1 saturated heterocycles. The van der Waals surface area contributed by atoms with Gasteiger partial charge in [0, 0.05) is 5.56 Å². The van der Waals surface area contributed by atoms with Gasteiger partial charge in [0.25, 0.3) is 5.91 Å². The molecule has 0 aromatic heterocycles. The lowest BCUT2D eigenvalue weighted by atomic mass is 10.1. The summed E-state index contributed by atoms with van der Waals surface area (Å²) in [5, 5.41) is 0. The number of thiocarbonyl (C=S) groups is 1. The molecule has 7 heteroatoms. The first-order valence-corrected chi connectivity index (χ1v) is 12.0. The average molecular weight is 492 g/mol. The minimum Gasteiger partial charge on any atom is -0.493 e. The van der Waals surface area contributed by atoms with Crippen molar-refractivity contribution in [2.24, 2.45) is 0 Å². The zero-order valence-electron chi connectivity index (χ0n) is 19.2. The highest BCUT2D eigenvalue weighted by molar-refractivity contribution is 8.27. The van der Waals surface area contributed by atoms with Crippen molar-refractivity contribution < 1.29 is 19.0 Å². The van der Waals surface area contributed by atoms with E-state index in [0.29, 0.717) is 39.7 Å². The lowest BCUT2D eigenvalue weighted by molar-refractivity contribution is -0.113. The van der Waals surface area contributed by atoms with E-state index < -0.39 is 0 Å². The van der Waals surface area contributed by atoms with Crippen molar-refractivity contribution in [1.82, 2.24) is 0 Å². The number of carbonyl (C=O) groups excluding carboxylic acids is 1. The third kappa shape index (κ3) is 5.11. The highest BCUT2D eigenvalue weighted by atomic mass is 32.2. The van der Waals surface area contributed by atoms with Crippen LogP contribution in [0.3, 0.4) is 0 Å². The van der Waals surface area contributed by atoms with Crippen LogP contribution in [0, 0.1) is 13.8 Å². The number of rotatable bonds is 8. The van der Waals surface area contributed by atoms with Gasteiger partial charge in [-0.25, -0.2) is 0 Å². The molecule has 1 heterocycles. The Labute approximate surface area is 209 Å².